The molecule has 90 valence electrons. The summed E-state index contributed by atoms with van der Waals surface area (Å²) in [7, 11) is -2.14. The topological polar surface area (TPSA) is 46.6 Å². The Hall–Kier alpha value is -0.910. The highest BCUT2D eigenvalue weighted by Gasteiger charge is 2.23. The molecule has 0 aliphatic heterocycles. The number of sulfonamides is 1. The zero-order valence-electron chi connectivity index (χ0n) is 9.59. The molecular weight excluding hydrogens is 226 g/mol. The summed E-state index contributed by atoms with van der Waals surface area (Å²) in [6, 6.07) is 8.30. The lowest BCUT2D eigenvalue weighted by Crippen LogP contribution is -2.31. The lowest BCUT2D eigenvalue weighted by atomic mass is 10.3. The minimum absolute atomic E-state index is 0.257. The van der Waals surface area contributed by atoms with Gasteiger partial charge in [-0.2, -0.15) is 0 Å². The number of hydrogen-bond acceptors (Lipinski definition) is 3. The molecule has 0 bridgehead atoms. The first-order valence-corrected chi connectivity index (χ1v) is 6.68. The molecule has 1 aromatic rings. The maximum Gasteiger partial charge on any atom is 0.264 e. The Morgan fingerprint density at radius 1 is 1.25 bits per heavy atom. The lowest BCUT2D eigenvalue weighted by molar-refractivity contribution is -0.0491. The summed E-state index contributed by atoms with van der Waals surface area (Å²) in [6.45, 7) is 2.38. The van der Waals surface area contributed by atoms with E-state index in [1.807, 2.05) is 6.92 Å². The molecule has 0 saturated carbocycles. The fourth-order valence-electron chi connectivity index (χ4n) is 1.31. The molecule has 0 aliphatic carbocycles. The zero-order valence-corrected chi connectivity index (χ0v) is 10.4. The summed E-state index contributed by atoms with van der Waals surface area (Å²) >= 11 is 0. The molecule has 0 spiro atoms. The Balaban J connectivity index is 2.91. The molecule has 16 heavy (non-hydrogen) atoms. The molecule has 0 fully saturated rings. The van der Waals surface area contributed by atoms with E-state index in [9.17, 15) is 8.42 Å². The van der Waals surface area contributed by atoms with Crippen molar-refractivity contribution < 1.29 is 13.3 Å². The van der Waals surface area contributed by atoms with Crippen LogP contribution in [0, 0.1) is 0 Å². The molecule has 1 aromatic carbocycles. The average molecular weight is 243 g/mol. The Morgan fingerprint density at radius 2 is 1.88 bits per heavy atom. The fraction of sp³-hybridized carbons (Fsp3) is 0.455. The number of benzene rings is 1. The van der Waals surface area contributed by atoms with E-state index in [4.69, 9.17) is 4.84 Å². The second kappa shape index (κ2) is 5.98. The Labute approximate surface area is 96.8 Å². The minimum Gasteiger partial charge on any atom is -0.287 e. The second-order valence-corrected chi connectivity index (χ2v) is 5.21. The van der Waals surface area contributed by atoms with Gasteiger partial charge in [0.2, 0.25) is 0 Å². The highest BCUT2D eigenvalue weighted by atomic mass is 32.2. The molecule has 0 aromatic heterocycles. The van der Waals surface area contributed by atoms with Crippen molar-refractivity contribution in [3.63, 3.8) is 0 Å². The van der Waals surface area contributed by atoms with Gasteiger partial charge in [0.05, 0.1) is 12.0 Å². The average Bonchev–Trinajstić information content (AvgIpc) is 2.31. The van der Waals surface area contributed by atoms with Gasteiger partial charge in [0, 0.05) is 6.54 Å². The third-order valence-corrected chi connectivity index (χ3v) is 3.94. The predicted octanol–water partition coefficient (Wildman–Crippen LogP) is 2.04. The van der Waals surface area contributed by atoms with Gasteiger partial charge in [-0.3, -0.25) is 4.84 Å². The minimum atomic E-state index is -3.51. The van der Waals surface area contributed by atoms with E-state index in [0.717, 1.165) is 17.3 Å². The van der Waals surface area contributed by atoms with Crippen LogP contribution in [-0.4, -0.2) is 26.5 Å². The van der Waals surface area contributed by atoms with Crippen LogP contribution in [0.4, 0.5) is 0 Å². The van der Waals surface area contributed by atoms with E-state index in [-0.39, 0.29) is 4.90 Å². The van der Waals surface area contributed by atoms with Crippen LogP contribution < -0.4 is 0 Å². The summed E-state index contributed by atoms with van der Waals surface area (Å²) in [6.07, 6.45) is 1.70. The van der Waals surface area contributed by atoms with E-state index in [2.05, 4.69) is 0 Å². The summed E-state index contributed by atoms with van der Waals surface area (Å²) < 4.78 is 25.2. The van der Waals surface area contributed by atoms with Crippen molar-refractivity contribution in [2.24, 2.45) is 0 Å². The number of rotatable bonds is 6. The van der Waals surface area contributed by atoms with Crippen molar-refractivity contribution in [1.29, 1.82) is 0 Å². The van der Waals surface area contributed by atoms with Crippen LogP contribution in [0.5, 0.6) is 0 Å². The van der Waals surface area contributed by atoms with Crippen molar-refractivity contribution in [1.82, 2.24) is 4.47 Å². The van der Waals surface area contributed by atoms with Gasteiger partial charge in [0.25, 0.3) is 10.0 Å². The van der Waals surface area contributed by atoms with Crippen LogP contribution in [0.1, 0.15) is 19.8 Å². The van der Waals surface area contributed by atoms with E-state index >= 15 is 0 Å². The van der Waals surface area contributed by atoms with Crippen molar-refractivity contribution in [2.45, 2.75) is 24.7 Å². The van der Waals surface area contributed by atoms with Crippen LogP contribution in [-0.2, 0) is 14.9 Å². The van der Waals surface area contributed by atoms with Crippen molar-refractivity contribution in [3.05, 3.63) is 30.3 Å². The first-order chi connectivity index (χ1) is 7.62. The molecule has 0 N–H and O–H groups in total. The summed E-state index contributed by atoms with van der Waals surface area (Å²) in [4.78, 5) is 5.17. The third-order valence-electron chi connectivity index (χ3n) is 2.21. The highest BCUT2D eigenvalue weighted by molar-refractivity contribution is 7.89. The van der Waals surface area contributed by atoms with Crippen molar-refractivity contribution >= 4 is 10.0 Å². The first kappa shape index (κ1) is 13.2. The maximum atomic E-state index is 12.1. The van der Waals surface area contributed by atoms with Crippen molar-refractivity contribution in [3.8, 4) is 0 Å². The predicted molar refractivity (Wildman–Crippen MR) is 62.3 cm³/mol. The fourth-order valence-corrected chi connectivity index (χ4v) is 2.61. The van der Waals surface area contributed by atoms with Gasteiger partial charge in [-0.1, -0.05) is 36.0 Å². The smallest absolute Gasteiger partial charge is 0.264 e. The van der Waals surface area contributed by atoms with E-state index in [1.165, 1.54) is 7.11 Å². The van der Waals surface area contributed by atoms with Crippen LogP contribution in [0.3, 0.4) is 0 Å². The summed E-state index contributed by atoms with van der Waals surface area (Å²) in [5, 5.41) is 0. The van der Waals surface area contributed by atoms with Gasteiger partial charge in [-0.15, -0.1) is 0 Å². The van der Waals surface area contributed by atoms with E-state index in [1.54, 1.807) is 30.3 Å². The first-order valence-electron chi connectivity index (χ1n) is 5.24. The van der Waals surface area contributed by atoms with Gasteiger partial charge < -0.3 is 0 Å². The number of hydrogen-bond donors (Lipinski definition) is 0. The maximum absolute atomic E-state index is 12.1. The van der Waals surface area contributed by atoms with Gasteiger partial charge in [0.1, 0.15) is 0 Å². The standard InChI is InChI=1S/C11H17NO3S/c1-3-4-10-12(15-2)16(13,14)11-8-6-5-7-9-11/h5-9H,3-4,10H2,1-2H3. The molecule has 0 radical (unpaired) electrons. The number of unbranched alkanes of at least 4 members (excludes halogenated alkanes) is 1. The molecule has 5 heteroatoms. The Bertz CT molecular complexity index is 402. The SMILES string of the molecule is CCCCN(OC)S(=O)(=O)c1ccccc1. The highest BCUT2D eigenvalue weighted by Crippen LogP contribution is 2.15. The largest absolute Gasteiger partial charge is 0.287 e. The van der Waals surface area contributed by atoms with Gasteiger partial charge >= 0.3 is 0 Å². The normalized spacial score (nSPS) is 11.9. The molecule has 4 nitrogen and oxygen atoms in total. The summed E-state index contributed by atoms with van der Waals surface area (Å²) in [5.74, 6) is 0. The molecular formula is C11H17NO3S. The van der Waals surface area contributed by atoms with E-state index < -0.39 is 10.0 Å². The molecule has 0 unspecified atom stereocenters. The van der Waals surface area contributed by atoms with E-state index in [0.29, 0.717) is 6.54 Å². The summed E-state index contributed by atoms with van der Waals surface area (Å²) in [5.41, 5.74) is 0. The molecule has 0 aliphatic rings. The van der Waals surface area contributed by atoms with Gasteiger partial charge in [-0.05, 0) is 18.6 Å². The second-order valence-electron chi connectivity index (χ2n) is 3.38. The van der Waals surface area contributed by atoms with Crippen LogP contribution >= 0.6 is 0 Å². The number of nitrogens with zero attached hydrogens (tertiary/aromatic N) is 1. The van der Waals surface area contributed by atoms with Gasteiger partial charge in [0.15, 0.2) is 0 Å². The van der Waals surface area contributed by atoms with Gasteiger partial charge in [-0.25, -0.2) is 8.42 Å². The van der Waals surface area contributed by atoms with Crippen LogP contribution in [0.25, 0.3) is 0 Å². The Kier molecular flexibility index (Phi) is 4.92. The lowest BCUT2D eigenvalue weighted by Gasteiger charge is -2.18. The molecule has 0 heterocycles. The molecule has 0 amide bonds. The monoisotopic (exact) mass is 243 g/mol. The molecule has 0 atom stereocenters. The quantitative estimate of drug-likeness (QED) is 0.718. The molecule has 0 saturated heterocycles. The van der Waals surface area contributed by atoms with Crippen LogP contribution in [0.15, 0.2) is 35.2 Å². The third kappa shape index (κ3) is 3.04. The molecule has 1 rings (SSSR count). The van der Waals surface area contributed by atoms with Crippen LogP contribution in [0.2, 0.25) is 0 Å². The Morgan fingerprint density at radius 3 is 2.38 bits per heavy atom. The number of hydroxylamine groups is 1. The van der Waals surface area contributed by atoms with Crippen molar-refractivity contribution in [2.75, 3.05) is 13.7 Å². The zero-order chi connectivity index (χ0) is 12.0.